The summed E-state index contributed by atoms with van der Waals surface area (Å²) in [4.78, 5) is 0. The van der Waals surface area contributed by atoms with Gasteiger partial charge in [0.1, 0.15) is 0 Å². The van der Waals surface area contributed by atoms with Crippen LogP contribution in [0.3, 0.4) is 0 Å². The van der Waals surface area contributed by atoms with Crippen LogP contribution in [0.5, 0.6) is 0 Å². The molecular formula is C23H50NO+. The molecule has 0 rings (SSSR count). The predicted molar refractivity (Wildman–Crippen MR) is 113 cm³/mol. The molecule has 0 aromatic heterocycles. The molecule has 0 aliphatic carbocycles. The van der Waals surface area contributed by atoms with E-state index < -0.39 is 0 Å². The van der Waals surface area contributed by atoms with E-state index in [1.807, 2.05) is 0 Å². The van der Waals surface area contributed by atoms with E-state index in [1.165, 1.54) is 103 Å². The van der Waals surface area contributed by atoms with E-state index in [-0.39, 0.29) is 0 Å². The van der Waals surface area contributed by atoms with Crippen LogP contribution in [0.2, 0.25) is 0 Å². The Morgan fingerprint density at radius 3 is 1.40 bits per heavy atom. The predicted octanol–water partition coefficient (Wildman–Crippen LogP) is 6.71. The number of hydrogen-bond donors (Lipinski definition) is 1. The normalized spacial score (nSPS) is 13.3. The molecule has 0 saturated carbocycles. The number of quaternary nitrogens is 1. The molecule has 0 fully saturated rings. The van der Waals surface area contributed by atoms with E-state index in [1.54, 1.807) is 0 Å². The summed E-state index contributed by atoms with van der Waals surface area (Å²) >= 11 is 0. The molecule has 2 nitrogen and oxygen atoms in total. The van der Waals surface area contributed by atoms with Crippen molar-refractivity contribution in [2.24, 2.45) is 0 Å². The minimum Gasteiger partial charge on any atom is -0.396 e. The zero-order valence-corrected chi connectivity index (χ0v) is 18.2. The standard InChI is InChI=1S/C23H50NO/c1-5-7-8-9-10-11-12-13-14-15-16-17-18-19-21-24(3,4)23(6-2)20-22-25/h23,25H,5-22H2,1-4H3/q+1. The first-order valence-electron chi connectivity index (χ1n) is 11.5. The molecule has 0 aromatic rings. The zero-order valence-electron chi connectivity index (χ0n) is 18.2. The first-order chi connectivity index (χ1) is 12.1. The van der Waals surface area contributed by atoms with Crippen molar-refractivity contribution in [2.45, 2.75) is 123 Å². The fraction of sp³-hybridized carbons (Fsp3) is 1.00. The highest BCUT2D eigenvalue weighted by Gasteiger charge is 2.25. The minimum absolute atomic E-state index is 0.332. The van der Waals surface area contributed by atoms with Gasteiger partial charge >= 0.3 is 0 Å². The van der Waals surface area contributed by atoms with E-state index in [2.05, 4.69) is 27.9 Å². The molecule has 25 heavy (non-hydrogen) atoms. The maximum Gasteiger partial charge on any atom is 0.0905 e. The molecule has 0 bridgehead atoms. The molecule has 0 spiro atoms. The molecule has 0 amide bonds. The molecule has 152 valence electrons. The second-order valence-corrected chi connectivity index (χ2v) is 8.67. The van der Waals surface area contributed by atoms with Crippen molar-refractivity contribution in [3.8, 4) is 0 Å². The maximum atomic E-state index is 9.22. The van der Waals surface area contributed by atoms with Gasteiger partial charge in [-0.15, -0.1) is 0 Å². The Hall–Kier alpha value is -0.0800. The summed E-state index contributed by atoms with van der Waals surface area (Å²) in [6.07, 6.45) is 22.1. The maximum absolute atomic E-state index is 9.22. The van der Waals surface area contributed by atoms with Crippen molar-refractivity contribution in [1.29, 1.82) is 0 Å². The van der Waals surface area contributed by atoms with Gasteiger partial charge in [0.05, 0.1) is 26.7 Å². The van der Waals surface area contributed by atoms with Crippen LogP contribution in [0.25, 0.3) is 0 Å². The Morgan fingerprint density at radius 2 is 1.04 bits per heavy atom. The van der Waals surface area contributed by atoms with Crippen LogP contribution in [0.15, 0.2) is 0 Å². The average Bonchev–Trinajstić information content (AvgIpc) is 2.59. The van der Waals surface area contributed by atoms with Crippen LogP contribution < -0.4 is 0 Å². The van der Waals surface area contributed by atoms with Crippen LogP contribution >= 0.6 is 0 Å². The van der Waals surface area contributed by atoms with Crippen LogP contribution in [0.4, 0.5) is 0 Å². The molecule has 1 N–H and O–H groups in total. The smallest absolute Gasteiger partial charge is 0.0905 e. The van der Waals surface area contributed by atoms with Crippen molar-refractivity contribution in [3.05, 3.63) is 0 Å². The van der Waals surface area contributed by atoms with E-state index in [4.69, 9.17) is 0 Å². The number of unbranched alkanes of at least 4 members (excludes halogenated alkanes) is 13. The fourth-order valence-electron chi connectivity index (χ4n) is 4.09. The third kappa shape index (κ3) is 14.7. The summed E-state index contributed by atoms with van der Waals surface area (Å²) in [5.41, 5.74) is 0. The van der Waals surface area contributed by atoms with Crippen LogP contribution in [-0.2, 0) is 0 Å². The third-order valence-corrected chi connectivity index (χ3v) is 6.01. The molecule has 0 aliphatic heterocycles. The Kier molecular flexibility index (Phi) is 17.3. The Balaban J connectivity index is 3.38. The van der Waals surface area contributed by atoms with E-state index >= 15 is 0 Å². The zero-order chi connectivity index (χ0) is 18.8. The molecule has 0 radical (unpaired) electrons. The molecule has 0 heterocycles. The van der Waals surface area contributed by atoms with Crippen molar-refractivity contribution in [1.82, 2.24) is 0 Å². The minimum atomic E-state index is 0.332. The van der Waals surface area contributed by atoms with Gasteiger partial charge < -0.3 is 9.59 Å². The third-order valence-electron chi connectivity index (χ3n) is 6.01. The number of hydrogen-bond acceptors (Lipinski definition) is 1. The number of rotatable bonds is 19. The van der Waals surface area contributed by atoms with Gasteiger partial charge in [-0.05, 0) is 19.3 Å². The van der Waals surface area contributed by atoms with Gasteiger partial charge in [0.15, 0.2) is 0 Å². The fourth-order valence-corrected chi connectivity index (χ4v) is 4.09. The first-order valence-corrected chi connectivity index (χ1v) is 11.5. The van der Waals surface area contributed by atoms with Crippen molar-refractivity contribution in [2.75, 3.05) is 27.2 Å². The van der Waals surface area contributed by atoms with Gasteiger partial charge in [0.2, 0.25) is 0 Å². The lowest BCUT2D eigenvalue weighted by Gasteiger charge is -2.37. The molecular weight excluding hydrogens is 306 g/mol. The summed E-state index contributed by atoms with van der Waals surface area (Å²) in [7, 11) is 4.68. The highest BCUT2D eigenvalue weighted by Crippen LogP contribution is 2.17. The van der Waals surface area contributed by atoms with Crippen LogP contribution in [0, 0.1) is 0 Å². The first kappa shape index (κ1) is 24.9. The monoisotopic (exact) mass is 356 g/mol. The summed E-state index contributed by atoms with van der Waals surface area (Å²) < 4.78 is 1.08. The van der Waals surface area contributed by atoms with Crippen molar-refractivity contribution in [3.63, 3.8) is 0 Å². The lowest BCUT2D eigenvalue weighted by atomic mass is 10.0. The highest BCUT2D eigenvalue weighted by molar-refractivity contribution is 4.56. The number of nitrogens with zero attached hydrogens (tertiary/aromatic N) is 1. The largest absolute Gasteiger partial charge is 0.396 e. The Bertz CT molecular complexity index is 265. The lowest BCUT2D eigenvalue weighted by Crippen LogP contribution is -2.49. The molecule has 0 saturated heterocycles. The van der Waals surface area contributed by atoms with Crippen molar-refractivity contribution >= 4 is 0 Å². The summed E-state index contributed by atoms with van der Waals surface area (Å²) in [6.45, 7) is 6.14. The highest BCUT2D eigenvalue weighted by atomic mass is 16.3. The van der Waals surface area contributed by atoms with Gasteiger partial charge in [-0.3, -0.25) is 0 Å². The quantitative estimate of drug-likeness (QED) is 0.201. The average molecular weight is 357 g/mol. The van der Waals surface area contributed by atoms with E-state index in [9.17, 15) is 5.11 Å². The Morgan fingerprint density at radius 1 is 0.640 bits per heavy atom. The molecule has 0 aliphatic rings. The van der Waals surface area contributed by atoms with Crippen molar-refractivity contribution < 1.29 is 9.59 Å². The molecule has 1 unspecified atom stereocenters. The molecule has 2 heteroatoms. The molecule has 0 aromatic carbocycles. The van der Waals surface area contributed by atoms with E-state index in [0.29, 0.717) is 12.6 Å². The number of aliphatic hydroxyl groups excluding tert-OH is 1. The van der Waals surface area contributed by atoms with Gasteiger partial charge in [0, 0.05) is 13.0 Å². The second-order valence-electron chi connectivity index (χ2n) is 8.67. The summed E-state index contributed by atoms with van der Waals surface area (Å²) in [6, 6.07) is 0.618. The Labute approximate surface area is 160 Å². The lowest BCUT2D eigenvalue weighted by molar-refractivity contribution is -0.915. The topological polar surface area (TPSA) is 20.2 Å². The number of aliphatic hydroxyl groups is 1. The van der Waals surface area contributed by atoms with Gasteiger partial charge in [-0.25, -0.2) is 0 Å². The van der Waals surface area contributed by atoms with Gasteiger partial charge in [-0.2, -0.15) is 0 Å². The van der Waals surface area contributed by atoms with Crippen LogP contribution in [0.1, 0.15) is 117 Å². The summed E-state index contributed by atoms with van der Waals surface area (Å²) in [5.74, 6) is 0. The SMILES string of the molecule is CCCCCCCCCCCCCCCC[N+](C)(C)C(CC)CCO. The summed E-state index contributed by atoms with van der Waals surface area (Å²) in [5, 5.41) is 9.22. The van der Waals surface area contributed by atoms with Gasteiger partial charge in [-0.1, -0.05) is 90.9 Å². The van der Waals surface area contributed by atoms with E-state index in [0.717, 1.165) is 10.9 Å². The van der Waals surface area contributed by atoms with Crippen LogP contribution in [-0.4, -0.2) is 42.9 Å². The molecule has 1 atom stereocenters. The van der Waals surface area contributed by atoms with Gasteiger partial charge in [0.25, 0.3) is 0 Å². The second kappa shape index (κ2) is 17.3.